The predicted molar refractivity (Wildman–Crippen MR) is 70.7 cm³/mol. The Labute approximate surface area is 115 Å². The van der Waals surface area contributed by atoms with Crippen molar-refractivity contribution >= 4 is 0 Å². The van der Waals surface area contributed by atoms with E-state index in [1.165, 1.54) is 12.1 Å². The largest absolute Gasteiger partial charge is 0.416 e. The molecule has 0 saturated carbocycles. The summed E-state index contributed by atoms with van der Waals surface area (Å²) in [5.41, 5.74) is 7.42. The molecule has 3 nitrogen and oxygen atoms in total. The van der Waals surface area contributed by atoms with Crippen molar-refractivity contribution in [3.8, 4) is 5.69 Å². The van der Waals surface area contributed by atoms with Gasteiger partial charge in [-0.3, -0.25) is 0 Å². The summed E-state index contributed by atoms with van der Waals surface area (Å²) >= 11 is 0. The Hall–Kier alpha value is -1.82. The molecule has 0 amide bonds. The van der Waals surface area contributed by atoms with Crippen LogP contribution >= 0.6 is 0 Å². The molecule has 2 aromatic rings. The third-order valence-corrected chi connectivity index (χ3v) is 3.20. The second-order valence-corrected chi connectivity index (χ2v) is 4.60. The molecule has 1 heterocycles. The monoisotopic (exact) mass is 283 g/mol. The molecule has 1 aromatic heterocycles. The molecule has 0 radical (unpaired) electrons. The van der Waals surface area contributed by atoms with E-state index < -0.39 is 11.7 Å². The zero-order chi connectivity index (χ0) is 14.8. The third-order valence-electron chi connectivity index (χ3n) is 3.20. The Morgan fingerprint density at radius 3 is 2.40 bits per heavy atom. The summed E-state index contributed by atoms with van der Waals surface area (Å²) in [6.07, 6.45) is -0.894. The number of alkyl halides is 3. The van der Waals surface area contributed by atoms with Gasteiger partial charge in [-0.1, -0.05) is 0 Å². The number of nitrogens with two attached hydrogens (primary N) is 1. The van der Waals surface area contributed by atoms with Gasteiger partial charge in [0.15, 0.2) is 0 Å². The maximum atomic E-state index is 12.5. The summed E-state index contributed by atoms with van der Waals surface area (Å²) in [5.74, 6) is 0. The minimum Gasteiger partial charge on any atom is -0.330 e. The fraction of sp³-hybridized carbons (Fsp3) is 0.357. The molecule has 6 heteroatoms. The molecule has 0 aliphatic rings. The normalized spacial score (nSPS) is 11.8. The average molecular weight is 283 g/mol. The fourth-order valence-electron chi connectivity index (χ4n) is 2.03. The third kappa shape index (κ3) is 3.01. The highest BCUT2D eigenvalue weighted by molar-refractivity contribution is 5.37. The van der Waals surface area contributed by atoms with Gasteiger partial charge < -0.3 is 5.73 Å². The maximum Gasteiger partial charge on any atom is 0.416 e. The van der Waals surface area contributed by atoms with Crippen LogP contribution in [0.4, 0.5) is 13.2 Å². The highest BCUT2D eigenvalue weighted by Crippen LogP contribution is 2.29. The van der Waals surface area contributed by atoms with E-state index in [0.29, 0.717) is 12.2 Å². The van der Waals surface area contributed by atoms with Crippen LogP contribution in [0.25, 0.3) is 5.69 Å². The highest BCUT2D eigenvalue weighted by Gasteiger charge is 2.30. The summed E-state index contributed by atoms with van der Waals surface area (Å²) < 4.78 is 39.2. The molecule has 108 valence electrons. The van der Waals surface area contributed by atoms with Crippen LogP contribution in [0.2, 0.25) is 0 Å². The van der Waals surface area contributed by atoms with Crippen molar-refractivity contribution in [3.63, 3.8) is 0 Å². The second kappa shape index (κ2) is 5.66. The number of halogens is 3. The molecule has 0 bridgehead atoms. The van der Waals surface area contributed by atoms with Crippen LogP contribution < -0.4 is 5.73 Å². The molecule has 0 saturated heterocycles. The number of nitrogens with zero attached hydrogens (tertiary/aromatic N) is 2. The van der Waals surface area contributed by atoms with Crippen LogP contribution in [-0.4, -0.2) is 16.3 Å². The lowest BCUT2D eigenvalue weighted by atomic mass is 10.1. The molecule has 1 aromatic carbocycles. The quantitative estimate of drug-likeness (QED) is 0.937. The predicted octanol–water partition coefficient (Wildman–Crippen LogP) is 3.09. The van der Waals surface area contributed by atoms with Gasteiger partial charge in [0.2, 0.25) is 0 Å². The molecule has 0 aliphatic heterocycles. The minimum absolute atomic E-state index is 0.602. The smallest absolute Gasteiger partial charge is 0.330 e. The molecule has 0 spiro atoms. The van der Waals surface area contributed by atoms with Crippen LogP contribution in [0.15, 0.2) is 30.5 Å². The SMILES string of the molecule is Cc1c(CCCN)cnn1-c1ccc(C(F)(F)F)cc1. The topological polar surface area (TPSA) is 43.8 Å². The minimum atomic E-state index is -4.32. The van der Waals surface area contributed by atoms with Crippen molar-refractivity contribution < 1.29 is 13.2 Å². The lowest BCUT2D eigenvalue weighted by Crippen LogP contribution is -2.06. The van der Waals surface area contributed by atoms with Crippen LogP contribution in [0.5, 0.6) is 0 Å². The van der Waals surface area contributed by atoms with Crippen molar-refractivity contribution in [1.82, 2.24) is 9.78 Å². The Morgan fingerprint density at radius 2 is 1.85 bits per heavy atom. The number of rotatable bonds is 4. The van der Waals surface area contributed by atoms with Crippen LogP contribution in [-0.2, 0) is 12.6 Å². The van der Waals surface area contributed by atoms with E-state index in [4.69, 9.17) is 5.73 Å². The summed E-state index contributed by atoms with van der Waals surface area (Å²) in [4.78, 5) is 0. The molecule has 0 aliphatic carbocycles. The first-order chi connectivity index (χ1) is 9.43. The first kappa shape index (κ1) is 14.6. The zero-order valence-electron chi connectivity index (χ0n) is 11.1. The first-order valence-corrected chi connectivity index (χ1v) is 6.34. The van der Waals surface area contributed by atoms with E-state index in [9.17, 15) is 13.2 Å². The number of hydrogen-bond acceptors (Lipinski definition) is 2. The highest BCUT2D eigenvalue weighted by atomic mass is 19.4. The van der Waals surface area contributed by atoms with E-state index >= 15 is 0 Å². The standard InChI is InChI=1S/C14H16F3N3/c1-10-11(3-2-8-18)9-19-20(10)13-6-4-12(5-7-13)14(15,16)17/h4-7,9H,2-3,8,18H2,1H3. The second-order valence-electron chi connectivity index (χ2n) is 4.60. The Morgan fingerprint density at radius 1 is 1.20 bits per heavy atom. The van der Waals surface area contributed by atoms with Crippen LogP contribution in [0, 0.1) is 6.92 Å². The summed E-state index contributed by atoms with van der Waals surface area (Å²) in [6.45, 7) is 2.50. The van der Waals surface area contributed by atoms with Crippen LogP contribution in [0.3, 0.4) is 0 Å². The van der Waals surface area contributed by atoms with Gasteiger partial charge in [0.25, 0.3) is 0 Å². The molecule has 0 fully saturated rings. The van der Waals surface area contributed by atoms with Gasteiger partial charge in [0.1, 0.15) is 0 Å². The van der Waals surface area contributed by atoms with Gasteiger partial charge in [-0.25, -0.2) is 4.68 Å². The summed E-state index contributed by atoms with van der Waals surface area (Å²) in [7, 11) is 0. The Bertz CT molecular complexity index is 570. The lowest BCUT2D eigenvalue weighted by molar-refractivity contribution is -0.137. The van der Waals surface area contributed by atoms with Crippen molar-refractivity contribution in [2.24, 2.45) is 5.73 Å². The number of aromatic nitrogens is 2. The molecular formula is C14H16F3N3. The zero-order valence-corrected chi connectivity index (χ0v) is 11.1. The van der Waals surface area contributed by atoms with E-state index in [0.717, 1.165) is 36.2 Å². The van der Waals surface area contributed by atoms with Crippen LogP contribution in [0.1, 0.15) is 23.2 Å². The van der Waals surface area contributed by atoms with Gasteiger partial charge in [-0.05, 0) is 56.1 Å². The van der Waals surface area contributed by atoms with E-state index in [2.05, 4.69) is 5.10 Å². The molecule has 2 N–H and O–H groups in total. The summed E-state index contributed by atoms with van der Waals surface area (Å²) in [6, 6.07) is 4.98. The van der Waals surface area contributed by atoms with Gasteiger partial charge in [0, 0.05) is 5.69 Å². The van der Waals surface area contributed by atoms with Gasteiger partial charge in [0.05, 0.1) is 17.4 Å². The van der Waals surface area contributed by atoms with E-state index in [1.54, 1.807) is 10.9 Å². The van der Waals surface area contributed by atoms with Crippen molar-refractivity contribution in [2.75, 3.05) is 6.54 Å². The van der Waals surface area contributed by atoms with Crippen molar-refractivity contribution in [1.29, 1.82) is 0 Å². The summed E-state index contributed by atoms with van der Waals surface area (Å²) in [5, 5.41) is 4.23. The van der Waals surface area contributed by atoms with Gasteiger partial charge in [-0.2, -0.15) is 18.3 Å². The van der Waals surface area contributed by atoms with E-state index in [-0.39, 0.29) is 0 Å². The Kier molecular flexibility index (Phi) is 4.13. The molecule has 20 heavy (non-hydrogen) atoms. The number of aryl methyl sites for hydroxylation is 1. The van der Waals surface area contributed by atoms with E-state index in [1.807, 2.05) is 6.92 Å². The van der Waals surface area contributed by atoms with Crippen molar-refractivity contribution in [2.45, 2.75) is 25.9 Å². The Balaban J connectivity index is 2.26. The molecule has 0 unspecified atom stereocenters. The van der Waals surface area contributed by atoms with Gasteiger partial charge >= 0.3 is 6.18 Å². The van der Waals surface area contributed by atoms with Crippen molar-refractivity contribution in [3.05, 3.63) is 47.3 Å². The maximum absolute atomic E-state index is 12.5. The molecule has 2 rings (SSSR count). The average Bonchev–Trinajstić information content (AvgIpc) is 2.77. The molecule has 0 atom stereocenters. The molecular weight excluding hydrogens is 267 g/mol. The number of benzene rings is 1. The first-order valence-electron chi connectivity index (χ1n) is 6.34. The fourth-order valence-corrected chi connectivity index (χ4v) is 2.03. The lowest BCUT2D eigenvalue weighted by Gasteiger charge is -2.09. The number of hydrogen-bond donors (Lipinski definition) is 1. The van der Waals surface area contributed by atoms with Gasteiger partial charge in [-0.15, -0.1) is 0 Å².